The lowest BCUT2D eigenvalue weighted by atomic mass is 9.97. The Labute approximate surface area is 67.2 Å². The summed E-state index contributed by atoms with van der Waals surface area (Å²) in [7, 11) is 0. The van der Waals surface area contributed by atoms with Crippen molar-refractivity contribution in [1.29, 1.82) is 0 Å². The standard InChI is InChI=1S/C6H10FNO.C2H6/c1-4-3-8-5(9)6(4,2)7;1-2/h4H,3H2,1-2H3,(H,8,9);1-2H3. The first kappa shape index (κ1) is 10.4. The lowest BCUT2D eigenvalue weighted by molar-refractivity contribution is -0.129. The minimum atomic E-state index is -1.64. The second kappa shape index (κ2) is 3.69. The summed E-state index contributed by atoms with van der Waals surface area (Å²) in [5.41, 5.74) is -1.64. The van der Waals surface area contributed by atoms with Gasteiger partial charge in [0.15, 0.2) is 5.67 Å². The molecule has 0 radical (unpaired) electrons. The Kier molecular flexibility index (Phi) is 3.49. The van der Waals surface area contributed by atoms with E-state index in [1.165, 1.54) is 6.92 Å². The molecule has 1 heterocycles. The predicted molar refractivity (Wildman–Crippen MR) is 43.0 cm³/mol. The average molecular weight is 161 g/mol. The zero-order valence-corrected chi connectivity index (χ0v) is 7.57. The van der Waals surface area contributed by atoms with E-state index >= 15 is 0 Å². The van der Waals surface area contributed by atoms with Gasteiger partial charge in [0.25, 0.3) is 5.91 Å². The number of hydrogen-bond donors (Lipinski definition) is 1. The molecule has 0 aromatic rings. The molecule has 3 heteroatoms. The summed E-state index contributed by atoms with van der Waals surface area (Å²) in [5, 5.41) is 2.45. The SMILES string of the molecule is CC.CC1CNC(=O)C1(C)F. The molecule has 0 spiro atoms. The first-order valence-corrected chi connectivity index (χ1v) is 4.02. The molecule has 1 N–H and O–H groups in total. The van der Waals surface area contributed by atoms with Gasteiger partial charge in [0.2, 0.25) is 0 Å². The normalized spacial score (nSPS) is 35.7. The molecule has 0 aromatic carbocycles. The van der Waals surface area contributed by atoms with E-state index in [-0.39, 0.29) is 5.92 Å². The first-order chi connectivity index (χ1) is 5.05. The maximum atomic E-state index is 13.0. The van der Waals surface area contributed by atoms with Crippen molar-refractivity contribution in [3.8, 4) is 0 Å². The summed E-state index contributed by atoms with van der Waals surface area (Å²) in [4.78, 5) is 10.6. The lowest BCUT2D eigenvalue weighted by Crippen LogP contribution is -2.33. The van der Waals surface area contributed by atoms with Crippen molar-refractivity contribution >= 4 is 5.91 Å². The van der Waals surface area contributed by atoms with Crippen molar-refractivity contribution in [1.82, 2.24) is 5.32 Å². The third-order valence-electron chi connectivity index (χ3n) is 1.94. The van der Waals surface area contributed by atoms with E-state index in [4.69, 9.17) is 0 Å². The van der Waals surface area contributed by atoms with Crippen molar-refractivity contribution in [3.63, 3.8) is 0 Å². The van der Waals surface area contributed by atoms with Crippen LogP contribution in [0.3, 0.4) is 0 Å². The number of hydrogen-bond acceptors (Lipinski definition) is 1. The summed E-state index contributed by atoms with van der Waals surface area (Å²) in [6.45, 7) is 7.50. The Bertz CT molecular complexity index is 145. The third-order valence-corrected chi connectivity index (χ3v) is 1.94. The third kappa shape index (κ3) is 1.91. The minimum Gasteiger partial charge on any atom is -0.353 e. The van der Waals surface area contributed by atoms with Gasteiger partial charge in [-0.1, -0.05) is 20.8 Å². The number of carbonyl (C=O) groups excluding carboxylic acids is 1. The van der Waals surface area contributed by atoms with E-state index in [9.17, 15) is 9.18 Å². The zero-order chi connectivity index (χ0) is 9.07. The van der Waals surface area contributed by atoms with Crippen molar-refractivity contribution < 1.29 is 9.18 Å². The lowest BCUT2D eigenvalue weighted by Gasteiger charge is -2.13. The molecule has 1 amide bonds. The summed E-state index contributed by atoms with van der Waals surface area (Å²) in [6.07, 6.45) is 0. The molecule has 66 valence electrons. The molecule has 0 bridgehead atoms. The highest BCUT2D eigenvalue weighted by molar-refractivity contribution is 5.87. The van der Waals surface area contributed by atoms with Crippen LogP contribution < -0.4 is 5.32 Å². The van der Waals surface area contributed by atoms with E-state index < -0.39 is 11.6 Å². The van der Waals surface area contributed by atoms with Gasteiger partial charge in [0.1, 0.15) is 0 Å². The van der Waals surface area contributed by atoms with Gasteiger partial charge in [-0.2, -0.15) is 0 Å². The Balaban J connectivity index is 0.000000461. The van der Waals surface area contributed by atoms with E-state index in [1.807, 2.05) is 13.8 Å². The van der Waals surface area contributed by atoms with Crippen LogP contribution in [-0.4, -0.2) is 18.1 Å². The number of amides is 1. The van der Waals surface area contributed by atoms with Crippen molar-refractivity contribution in [2.24, 2.45) is 5.92 Å². The average Bonchev–Trinajstić information content (AvgIpc) is 2.21. The van der Waals surface area contributed by atoms with Gasteiger partial charge in [0, 0.05) is 12.5 Å². The quantitative estimate of drug-likeness (QED) is 0.573. The van der Waals surface area contributed by atoms with Gasteiger partial charge >= 0.3 is 0 Å². The Hall–Kier alpha value is -0.600. The molecule has 1 aliphatic heterocycles. The number of alkyl halides is 1. The van der Waals surface area contributed by atoms with Crippen LogP contribution in [0, 0.1) is 5.92 Å². The fourth-order valence-corrected chi connectivity index (χ4v) is 0.834. The van der Waals surface area contributed by atoms with Crippen LogP contribution in [0.15, 0.2) is 0 Å². The monoisotopic (exact) mass is 161 g/mol. The topological polar surface area (TPSA) is 29.1 Å². The Morgan fingerprint density at radius 2 is 2.09 bits per heavy atom. The summed E-state index contributed by atoms with van der Waals surface area (Å²) >= 11 is 0. The molecule has 2 nitrogen and oxygen atoms in total. The molecule has 11 heavy (non-hydrogen) atoms. The maximum absolute atomic E-state index is 13.0. The fourth-order valence-electron chi connectivity index (χ4n) is 0.834. The van der Waals surface area contributed by atoms with Crippen LogP contribution in [0.1, 0.15) is 27.7 Å². The Morgan fingerprint density at radius 3 is 2.18 bits per heavy atom. The smallest absolute Gasteiger partial charge is 0.257 e. The summed E-state index contributed by atoms with van der Waals surface area (Å²) in [6, 6.07) is 0. The van der Waals surface area contributed by atoms with Gasteiger partial charge in [-0.25, -0.2) is 4.39 Å². The van der Waals surface area contributed by atoms with Crippen LogP contribution in [0.5, 0.6) is 0 Å². The van der Waals surface area contributed by atoms with Crippen molar-refractivity contribution in [3.05, 3.63) is 0 Å². The molecule has 2 atom stereocenters. The molecule has 0 aromatic heterocycles. The first-order valence-electron chi connectivity index (χ1n) is 4.02. The predicted octanol–water partition coefficient (Wildman–Crippen LogP) is 1.51. The van der Waals surface area contributed by atoms with Crippen LogP contribution in [-0.2, 0) is 4.79 Å². The van der Waals surface area contributed by atoms with Gasteiger partial charge in [-0.05, 0) is 6.92 Å². The molecule has 0 aliphatic carbocycles. The molecule has 0 saturated carbocycles. The Morgan fingerprint density at radius 1 is 1.64 bits per heavy atom. The van der Waals surface area contributed by atoms with Crippen LogP contribution in [0.4, 0.5) is 4.39 Å². The largest absolute Gasteiger partial charge is 0.353 e. The molecular weight excluding hydrogens is 145 g/mol. The molecule has 1 aliphatic rings. The highest BCUT2D eigenvalue weighted by atomic mass is 19.1. The zero-order valence-electron chi connectivity index (χ0n) is 7.57. The highest BCUT2D eigenvalue weighted by Gasteiger charge is 2.44. The molecule has 2 unspecified atom stereocenters. The van der Waals surface area contributed by atoms with Gasteiger partial charge < -0.3 is 5.32 Å². The van der Waals surface area contributed by atoms with E-state index in [1.54, 1.807) is 6.92 Å². The fraction of sp³-hybridized carbons (Fsp3) is 0.875. The molecule has 1 fully saturated rings. The second-order valence-corrected chi connectivity index (χ2v) is 2.69. The number of rotatable bonds is 0. The maximum Gasteiger partial charge on any atom is 0.257 e. The molecule has 1 rings (SSSR count). The van der Waals surface area contributed by atoms with Gasteiger partial charge in [-0.3, -0.25) is 4.79 Å². The van der Waals surface area contributed by atoms with Crippen LogP contribution in [0.25, 0.3) is 0 Å². The van der Waals surface area contributed by atoms with Gasteiger partial charge in [-0.15, -0.1) is 0 Å². The number of nitrogens with one attached hydrogen (secondary N) is 1. The summed E-state index contributed by atoms with van der Waals surface area (Å²) in [5.74, 6) is -0.667. The number of carbonyl (C=O) groups is 1. The van der Waals surface area contributed by atoms with E-state index in [0.717, 1.165) is 0 Å². The highest BCUT2D eigenvalue weighted by Crippen LogP contribution is 2.25. The van der Waals surface area contributed by atoms with Crippen LogP contribution >= 0.6 is 0 Å². The molecule has 1 saturated heterocycles. The van der Waals surface area contributed by atoms with Gasteiger partial charge in [0.05, 0.1) is 0 Å². The van der Waals surface area contributed by atoms with E-state index in [0.29, 0.717) is 6.54 Å². The molecular formula is C8H16FNO. The van der Waals surface area contributed by atoms with Crippen molar-refractivity contribution in [2.45, 2.75) is 33.4 Å². The van der Waals surface area contributed by atoms with Crippen molar-refractivity contribution in [2.75, 3.05) is 6.54 Å². The minimum absolute atomic E-state index is 0.190. The second-order valence-electron chi connectivity index (χ2n) is 2.69. The van der Waals surface area contributed by atoms with Crippen LogP contribution in [0.2, 0.25) is 0 Å². The number of halogens is 1. The van der Waals surface area contributed by atoms with E-state index in [2.05, 4.69) is 5.32 Å². The summed E-state index contributed by atoms with van der Waals surface area (Å²) < 4.78 is 13.0.